The summed E-state index contributed by atoms with van der Waals surface area (Å²) in [4.78, 5) is 23.7. The lowest BCUT2D eigenvalue weighted by molar-refractivity contribution is 0.0684. The molecule has 22 heavy (non-hydrogen) atoms. The number of ether oxygens (including phenoxy) is 1. The molecule has 0 heterocycles. The molecule has 0 saturated heterocycles. The average Bonchev–Trinajstić information content (AvgIpc) is 2.55. The van der Waals surface area contributed by atoms with Crippen molar-refractivity contribution in [2.75, 3.05) is 0 Å². The van der Waals surface area contributed by atoms with Gasteiger partial charge in [0.2, 0.25) is 0 Å². The molecule has 0 aromatic heterocycles. The van der Waals surface area contributed by atoms with E-state index in [1.54, 1.807) is 48.5 Å². The number of carboxylic acids is 1. The molecule has 0 radical (unpaired) electrons. The molecule has 0 aliphatic carbocycles. The molecule has 0 bridgehead atoms. The van der Waals surface area contributed by atoms with E-state index in [2.05, 4.69) is 0 Å². The van der Waals surface area contributed by atoms with E-state index >= 15 is 0 Å². The molecule has 0 saturated carbocycles. The van der Waals surface area contributed by atoms with Crippen molar-refractivity contribution < 1.29 is 19.4 Å². The summed E-state index contributed by atoms with van der Waals surface area (Å²) in [7, 11) is 0. The summed E-state index contributed by atoms with van der Waals surface area (Å²) in [6, 6.07) is 18.8. The number of carbonyl (C=O) groups is 2. The highest BCUT2D eigenvalue weighted by Gasteiger charge is 2.18. The Bertz CT molecular complexity index is 853. The first-order valence-corrected chi connectivity index (χ1v) is 6.69. The third kappa shape index (κ3) is 2.54. The molecule has 108 valence electrons. The van der Waals surface area contributed by atoms with Gasteiger partial charge >= 0.3 is 11.9 Å². The van der Waals surface area contributed by atoms with E-state index in [0.29, 0.717) is 10.9 Å². The summed E-state index contributed by atoms with van der Waals surface area (Å²) < 4.78 is 5.28. The Morgan fingerprint density at radius 1 is 0.818 bits per heavy atom. The second-order valence-corrected chi connectivity index (χ2v) is 4.72. The van der Waals surface area contributed by atoms with Crippen LogP contribution in [0.1, 0.15) is 20.7 Å². The largest absolute Gasteiger partial charge is 0.478 e. The topological polar surface area (TPSA) is 63.6 Å². The first-order valence-electron chi connectivity index (χ1n) is 6.69. The van der Waals surface area contributed by atoms with Crippen molar-refractivity contribution in [3.63, 3.8) is 0 Å². The van der Waals surface area contributed by atoms with Crippen molar-refractivity contribution in [3.05, 3.63) is 77.9 Å². The van der Waals surface area contributed by atoms with Crippen LogP contribution >= 0.6 is 0 Å². The Labute approximate surface area is 126 Å². The molecule has 1 N–H and O–H groups in total. The number of aromatic carboxylic acids is 1. The second kappa shape index (κ2) is 5.69. The van der Waals surface area contributed by atoms with Crippen LogP contribution in [0, 0.1) is 0 Å². The predicted molar refractivity (Wildman–Crippen MR) is 82.3 cm³/mol. The lowest BCUT2D eigenvalue weighted by Gasteiger charge is -2.10. The van der Waals surface area contributed by atoms with Crippen LogP contribution in [0.15, 0.2) is 66.7 Å². The molecular weight excluding hydrogens is 280 g/mol. The number of benzene rings is 3. The third-order valence-electron chi connectivity index (χ3n) is 3.32. The maximum atomic E-state index is 12.1. The van der Waals surface area contributed by atoms with Crippen LogP contribution in [0.4, 0.5) is 0 Å². The van der Waals surface area contributed by atoms with Gasteiger partial charge in [-0.3, -0.25) is 0 Å². The highest BCUT2D eigenvalue weighted by atomic mass is 16.5. The molecule has 4 heteroatoms. The molecule has 0 aliphatic heterocycles. The van der Waals surface area contributed by atoms with Crippen LogP contribution in [0.2, 0.25) is 0 Å². The van der Waals surface area contributed by atoms with Crippen molar-refractivity contribution in [2.45, 2.75) is 0 Å². The molecule has 3 aromatic carbocycles. The minimum absolute atomic E-state index is 0.0117. The van der Waals surface area contributed by atoms with E-state index < -0.39 is 11.9 Å². The van der Waals surface area contributed by atoms with Gasteiger partial charge < -0.3 is 9.84 Å². The van der Waals surface area contributed by atoms with Crippen molar-refractivity contribution in [1.82, 2.24) is 0 Å². The number of fused-ring (bicyclic) bond motifs is 1. The molecule has 0 amide bonds. The first-order chi connectivity index (χ1) is 10.7. The minimum atomic E-state index is -1.13. The summed E-state index contributed by atoms with van der Waals surface area (Å²) in [6.45, 7) is 0. The van der Waals surface area contributed by atoms with Gasteiger partial charge in [0, 0.05) is 0 Å². The quantitative estimate of drug-likeness (QED) is 0.589. The van der Waals surface area contributed by atoms with Gasteiger partial charge in [-0.05, 0) is 29.0 Å². The molecule has 0 aliphatic rings. The number of hydrogen-bond acceptors (Lipinski definition) is 3. The molecule has 3 aromatic rings. The SMILES string of the molecule is O=C(Oc1ccc2ccccc2c1C(=O)O)c1ccccc1. The van der Waals surface area contributed by atoms with E-state index in [4.69, 9.17) is 4.74 Å². The normalized spacial score (nSPS) is 10.4. The van der Waals surface area contributed by atoms with Crippen LogP contribution in [0.3, 0.4) is 0 Å². The van der Waals surface area contributed by atoms with Gasteiger partial charge in [-0.1, -0.05) is 48.5 Å². The Balaban J connectivity index is 2.06. The summed E-state index contributed by atoms with van der Waals surface area (Å²) in [5.74, 6) is -1.67. The van der Waals surface area contributed by atoms with Gasteiger partial charge in [-0.25, -0.2) is 9.59 Å². The lowest BCUT2D eigenvalue weighted by atomic mass is 10.0. The fourth-order valence-electron chi connectivity index (χ4n) is 2.29. The highest BCUT2D eigenvalue weighted by Crippen LogP contribution is 2.28. The van der Waals surface area contributed by atoms with Crippen LogP contribution in [-0.2, 0) is 0 Å². The fourth-order valence-corrected chi connectivity index (χ4v) is 2.29. The van der Waals surface area contributed by atoms with Crippen LogP contribution in [0.25, 0.3) is 10.8 Å². The van der Waals surface area contributed by atoms with Crippen LogP contribution < -0.4 is 4.74 Å². The maximum absolute atomic E-state index is 12.1. The monoisotopic (exact) mass is 292 g/mol. The zero-order chi connectivity index (χ0) is 15.5. The van der Waals surface area contributed by atoms with Crippen molar-refractivity contribution in [3.8, 4) is 5.75 Å². The van der Waals surface area contributed by atoms with Crippen molar-refractivity contribution >= 4 is 22.7 Å². The van der Waals surface area contributed by atoms with Crippen LogP contribution in [0.5, 0.6) is 5.75 Å². The summed E-state index contributed by atoms with van der Waals surface area (Å²) in [5.41, 5.74) is 0.356. The highest BCUT2D eigenvalue weighted by molar-refractivity contribution is 6.07. The van der Waals surface area contributed by atoms with Gasteiger partial charge in [-0.15, -0.1) is 0 Å². The predicted octanol–water partition coefficient (Wildman–Crippen LogP) is 3.76. The average molecular weight is 292 g/mol. The van der Waals surface area contributed by atoms with E-state index in [1.165, 1.54) is 6.07 Å². The number of rotatable bonds is 3. The molecule has 0 fully saturated rings. The van der Waals surface area contributed by atoms with E-state index in [0.717, 1.165) is 5.39 Å². The van der Waals surface area contributed by atoms with Crippen molar-refractivity contribution in [2.24, 2.45) is 0 Å². The third-order valence-corrected chi connectivity index (χ3v) is 3.32. The van der Waals surface area contributed by atoms with E-state index in [1.807, 2.05) is 12.1 Å². The maximum Gasteiger partial charge on any atom is 0.343 e. The van der Waals surface area contributed by atoms with Gasteiger partial charge in [0.1, 0.15) is 11.3 Å². The number of hydrogen-bond donors (Lipinski definition) is 1. The molecule has 3 rings (SSSR count). The number of esters is 1. The lowest BCUT2D eigenvalue weighted by Crippen LogP contribution is -2.11. The summed E-state index contributed by atoms with van der Waals surface area (Å²) >= 11 is 0. The summed E-state index contributed by atoms with van der Waals surface area (Å²) in [6.07, 6.45) is 0. The smallest absolute Gasteiger partial charge is 0.343 e. The van der Waals surface area contributed by atoms with E-state index in [-0.39, 0.29) is 11.3 Å². The first kappa shape index (κ1) is 13.8. The van der Waals surface area contributed by atoms with Gasteiger partial charge in [0.15, 0.2) is 0 Å². The zero-order valence-electron chi connectivity index (χ0n) is 11.5. The summed E-state index contributed by atoms with van der Waals surface area (Å²) in [5, 5.41) is 10.8. The Kier molecular flexibility index (Phi) is 3.58. The second-order valence-electron chi connectivity index (χ2n) is 4.72. The number of carbonyl (C=O) groups excluding carboxylic acids is 1. The van der Waals surface area contributed by atoms with Gasteiger partial charge in [0.05, 0.1) is 5.56 Å². The zero-order valence-corrected chi connectivity index (χ0v) is 11.5. The van der Waals surface area contributed by atoms with Crippen LogP contribution in [-0.4, -0.2) is 17.0 Å². The molecular formula is C18H12O4. The Hall–Kier alpha value is -3.14. The molecule has 4 nitrogen and oxygen atoms in total. The van der Waals surface area contributed by atoms with Gasteiger partial charge in [0.25, 0.3) is 0 Å². The molecule has 0 atom stereocenters. The molecule has 0 unspecified atom stereocenters. The Morgan fingerprint density at radius 3 is 2.23 bits per heavy atom. The Morgan fingerprint density at radius 2 is 1.50 bits per heavy atom. The standard InChI is InChI=1S/C18H12O4/c19-17(20)16-14-9-5-4-6-12(14)10-11-15(16)22-18(21)13-7-2-1-3-8-13/h1-11H,(H,19,20). The van der Waals surface area contributed by atoms with E-state index in [9.17, 15) is 14.7 Å². The number of carboxylic acid groups (broad SMARTS) is 1. The molecule has 0 spiro atoms. The van der Waals surface area contributed by atoms with Crippen molar-refractivity contribution in [1.29, 1.82) is 0 Å². The fraction of sp³-hybridized carbons (Fsp3) is 0. The van der Waals surface area contributed by atoms with Gasteiger partial charge in [-0.2, -0.15) is 0 Å². The minimum Gasteiger partial charge on any atom is -0.478 e.